The van der Waals surface area contributed by atoms with Gasteiger partial charge >= 0.3 is 0 Å². The maximum Gasteiger partial charge on any atom is 0.262 e. The van der Waals surface area contributed by atoms with Crippen LogP contribution in [0.3, 0.4) is 0 Å². The van der Waals surface area contributed by atoms with Crippen molar-refractivity contribution in [3.05, 3.63) is 82.6 Å². The molecule has 1 aliphatic rings. The van der Waals surface area contributed by atoms with Crippen LogP contribution in [0.2, 0.25) is 0 Å². The summed E-state index contributed by atoms with van der Waals surface area (Å²) in [5.41, 5.74) is 1.37. The van der Waals surface area contributed by atoms with E-state index in [2.05, 4.69) is 10.6 Å². The molecule has 0 unspecified atom stereocenters. The zero-order valence-corrected chi connectivity index (χ0v) is 19.6. The molecule has 7 nitrogen and oxygen atoms in total. The van der Waals surface area contributed by atoms with E-state index in [4.69, 9.17) is 0 Å². The largest absolute Gasteiger partial charge is 0.339 e. The maximum atomic E-state index is 13.1. The Labute approximate surface area is 197 Å². The first-order valence-corrected chi connectivity index (χ1v) is 13.0. The Morgan fingerprint density at radius 2 is 1.64 bits per heavy atom. The number of carbonyl (C=O) groups excluding carboxylic acids is 2. The summed E-state index contributed by atoms with van der Waals surface area (Å²) < 4.78 is 26.9. The third kappa shape index (κ3) is 5.68. The molecule has 2 N–H and O–H groups in total. The van der Waals surface area contributed by atoms with Gasteiger partial charge in [0.2, 0.25) is 15.9 Å². The summed E-state index contributed by atoms with van der Waals surface area (Å²) >= 11 is 1.30. The first kappa shape index (κ1) is 23.2. The average molecular weight is 484 g/mol. The minimum absolute atomic E-state index is 0.203. The normalized spacial score (nSPS) is 15.2. The molecule has 4 rings (SSSR count). The highest BCUT2D eigenvalue weighted by molar-refractivity contribution is 7.89. The summed E-state index contributed by atoms with van der Waals surface area (Å²) in [4.78, 5) is 26.4. The molecule has 0 saturated carbocycles. The predicted molar refractivity (Wildman–Crippen MR) is 129 cm³/mol. The highest BCUT2D eigenvalue weighted by Crippen LogP contribution is 2.22. The van der Waals surface area contributed by atoms with Crippen molar-refractivity contribution in [3.8, 4) is 0 Å². The standard InChI is InChI=1S/C24H25N3O4S2/c28-23(25-19-10-12-20(13-11-19)33(30,31)27-14-4-5-15-27)21(17-18-7-2-1-3-8-18)26-24(29)22-9-6-16-32-22/h1-3,6-13,16,21H,4-5,14-15,17H2,(H,25,28)(H,26,29)/t21-/m1/s1. The Morgan fingerprint density at radius 1 is 0.939 bits per heavy atom. The van der Waals surface area contributed by atoms with E-state index in [1.165, 1.54) is 27.8 Å². The van der Waals surface area contributed by atoms with Crippen molar-refractivity contribution >= 4 is 38.9 Å². The molecular weight excluding hydrogens is 458 g/mol. The highest BCUT2D eigenvalue weighted by Gasteiger charge is 2.27. The van der Waals surface area contributed by atoms with E-state index in [-0.39, 0.29) is 16.7 Å². The van der Waals surface area contributed by atoms with Gasteiger partial charge in [-0.15, -0.1) is 11.3 Å². The Hall–Kier alpha value is -3.01. The molecule has 0 radical (unpaired) electrons. The molecular formula is C24H25N3O4S2. The molecule has 0 bridgehead atoms. The first-order valence-electron chi connectivity index (χ1n) is 10.7. The summed E-state index contributed by atoms with van der Waals surface area (Å²) in [6, 6.07) is 18.3. The third-order valence-electron chi connectivity index (χ3n) is 5.47. The third-order valence-corrected chi connectivity index (χ3v) is 8.26. The smallest absolute Gasteiger partial charge is 0.262 e. The van der Waals surface area contributed by atoms with Crippen LogP contribution in [0.5, 0.6) is 0 Å². The second kappa shape index (κ2) is 10.3. The summed E-state index contributed by atoms with van der Waals surface area (Å²) in [5.74, 6) is -0.688. The number of nitrogens with zero attached hydrogens (tertiary/aromatic N) is 1. The molecule has 3 aromatic rings. The van der Waals surface area contributed by atoms with Crippen LogP contribution < -0.4 is 10.6 Å². The van der Waals surface area contributed by atoms with Gasteiger partial charge in [0.05, 0.1) is 9.77 Å². The highest BCUT2D eigenvalue weighted by atomic mass is 32.2. The van der Waals surface area contributed by atoms with Gasteiger partial charge in [-0.2, -0.15) is 4.31 Å². The first-order chi connectivity index (χ1) is 15.9. The molecule has 172 valence electrons. The van der Waals surface area contributed by atoms with Crippen LogP contribution in [0.25, 0.3) is 0 Å². The van der Waals surface area contributed by atoms with Gasteiger partial charge in [-0.05, 0) is 54.1 Å². The van der Waals surface area contributed by atoms with Crippen molar-refractivity contribution in [2.75, 3.05) is 18.4 Å². The maximum absolute atomic E-state index is 13.1. The molecule has 2 amide bonds. The number of carbonyl (C=O) groups is 2. The van der Waals surface area contributed by atoms with Crippen molar-refractivity contribution in [3.63, 3.8) is 0 Å². The molecule has 1 aliphatic heterocycles. The Bertz CT molecular complexity index is 1190. The lowest BCUT2D eigenvalue weighted by atomic mass is 10.0. The lowest BCUT2D eigenvalue weighted by molar-refractivity contribution is -0.118. The quantitative estimate of drug-likeness (QED) is 0.513. The van der Waals surface area contributed by atoms with Crippen molar-refractivity contribution in [2.24, 2.45) is 0 Å². The van der Waals surface area contributed by atoms with Crippen molar-refractivity contribution in [1.82, 2.24) is 9.62 Å². The molecule has 1 saturated heterocycles. The molecule has 9 heteroatoms. The van der Waals surface area contributed by atoms with Crippen molar-refractivity contribution in [1.29, 1.82) is 0 Å². The van der Waals surface area contributed by atoms with E-state index in [1.807, 2.05) is 30.3 Å². The van der Waals surface area contributed by atoms with Crippen LogP contribution in [-0.4, -0.2) is 43.7 Å². The average Bonchev–Trinajstić information content (AvgIpc) is 3.54. The summed E-state index contributed by atoms with van der Waals surface area (Å²) in [6.45, 7) is 1.07. The van der Waals surface area contributed by atoms with Crippen molar-refractivity contribution < 1.29 is 18.0 Å². The van der Waals surface area contributed by atoms with E-state index in [1.54, 1.807) is 29.6 Å². The van der Waals surface area contributed by atoms with E-state index < -0.39 is 16.1 Å². The fourth-order valence-electron chi connectivity index (χ4n) is 3.71. The van der Waals surface area contributed by atoms with Crippen molar-refractivity contribution in [2.45, 2.75) is 30.2 Å². The number of amides is 2. The van der Waals surface area contributed by atoms with Gasteiger partial charge in [0.15, 0.2) is 0 Å². The summed E-state index contributed by atoms with van der Waals surface area (Å²) in [6.07, 6.45) is 2.06. The number of anilines is 1. The van der Waals surface area contributed by atoms with Crippen LogP contribution in [0.1, 0.15) is 28.1 Å². The van der Waals surface area contributed by atoms with Gasteiger partial charge in [-0.1, -0.05) is 36.4 Å². The zero-order chi connectivity index (χ0) is 23.3. The molecule has 0 spiro atoms. The van der Waals surface area contributed by atoms with Gasteiger partial charge in [-0.25, -0.2) is 8.42 Å². The summed E-state index contributed by atoms with van der Waals surface area (Å²) in [5, 5.41) is 7.42. The van der Waals surface area contributed by atoms with Gasteiger partial charge in [0.1, 0.15) is 6.04 Å². The monoisotopic (exact) mass is 483 g/mol. The van der Waals surface area contributed by atoms with Crippen LogP contribution in [0, 0.1) is 0 Å². The zero-order valence-electron chi connectivity index (χ0n) is 17.9. The van der Waals surface area contributed by atoms with E-state index in [9.17, 15) is 18.0 Å². The van der Waals surface area contributed by atoms with Gasteiger partial charge < -0.3 is 10.6 Å². The number of rotatable bonds is 8. The van der Waals surface area contributed by atoms with Crippen LogP contribution in [-0.2, 0) is 21.2 Å². The Morgan fingerprint density at radius 3 is 2.27 bits per heavy atom. The molecule has 0 aliphatic carbocycles. The number of sulfonamides is 1. The Kier molecular flexibility index (Phi) is 7.22. The van der Waals surface area contributed by atoms with Crippen LogP contribution >= 0.6 is 11.3 Å². The second-order valence-electron chi connectivity index (χ2n) is 7.82. The predicted octanol–water partition coefficient (Wildman–Crippen LogP) is 3.51. The minimum Gasteiger partial charge on any atom is -0.339 e. The lowest BCUT2D eigenvalue weighted by Crippen LogP contribution is -2.45. The van der Waals surface area contributed by atoms with Gasteiger partial charge in [-0.3, -0.25) is 9.59 Å². The fourth-order valence-corrected chi connectivity index (χ4v) is 5.86. The SMILES string of the molecule is O=C(N[C@H](Cc1ccccc1)C(=O)Nc1ccc(S(=O)(=O)N2CCCC2)cc1)c1cccs1. The fraction of sp³-hybridized carbons (Fsp3) is 0.250. The topological polar surface area (TPSA) is 95.6 Å². The minimum atomic E-state index is -3.52. The number of hydrogen-bond acceptors (Lipinski definition) is 5. The van der Waals surface area contributed by atoms with E-state index >= 15 is 0 Å². The number of hydrogen-bond donors (Lipinski definition) is 2. The number of nitrogens with one attached hydrogen (secondary N) is 2. The second-order valence-corrected chi connectivity index (χ2v) is 10.7. The van der Waals surface area contributed by atoms with E-state index in [0.29, 0.717) is 30.1 Å². The van der Waals surface area contributed by atoms with E-state index in [0.717, 1.165) is 18.4 Å². The number of benzene rings is 2. The molecule has 33 heavy (non-hydrogen) atoms. The summed E-state index contributed by atoms with van der Waals surface area (Å²) in [7, 11) is -3.52. The molecule has 1 fully saturated rings. The lowest BCUT2D eigenvalue weighted by Gasteiger charge is -2.19. The molecule has 1 aromatic heterocycles. The molecule has 1 atom stereocenters. The Balaban J connectivity index is 1.48. The van der Waals surface area contributed by atoms with Gasteiger partial charge in [0.25, 0.3) is 5.91 Å². The van der Waals surface area contributed by atoms with Crippen LogP contribution in [0.15, 0.2) is 77.0 Å². The number of thiophene rings is 1. The van der Waals surface area contributed by atoms with Gasteiger partial charge in [0, 0.05) is 25.2 Å². The molecule has 2 aromatic carbocycles. The van der Waals surface area contributed by atoms with Crippen LogP contribution in [0.4, 0.5) is 5.69 Å². The molecule has 2 heterocycles.